The van der Waals surface area contributed by atoms with E-state index in [0.717, 1.165) is 31.4 Å². The van der Waals surface area contributed by atoms with Gasteiger partial charge in [0.1, 0.15) is 5.82 Å². The van der Waals surface area contributed by atoms with Gasteiger partial charge in [0, 0.05) is 6.04 Å². The SMILES string of the molecule is CCNC(CCCc1ccc(F)c(Cl)c1)C(C)C. The van der Waals surface area contributed by atoms with Crippen LogP contribution in [0.25, 0.3) is 0 Å². The third kappa shape index (κ3) is 4.95. The van der Waals surface area contributed by atoms with Crippen LogP contribution < -0.4 is 5.32 Å². The van der Waals surface area contributed by atoms with Gasteiger partial charge in [0.2, 0.25) is 0 Å². The Morgan fingerprint density at radius 1 is 1.33 bits per heavy atom. The summed E-state index contributed by atoms with van der Waals surface area (Å²) in [5.41, 5.74) is 1.11. The van der Waals surface area contributed by atoms with Gasteiger partial charge in [-0.25, -0.2) is 4.39 Å². The molecule has 102 valence electrons. The van der Waals surface area contributed by atoms with Crippen LogP contribution in [0.3, 0.4) is 0 Å². The summed E-state index contributed by atoms with van der Waals surface area (Å²) in [6.45, 7) is 7.62. The second kappa shape index (κ2) is 7.75. The molecule has 0 aliphatic rings. The predicted octanol–water partition coefficient (Wildman–Crippen LogP) is 4.44. The van der Waals surface area contributed by atoms with Crippen LogP contribution in [0.1, 0.15) is 39.2 Å². The molecule has 0 heterocycles. The quantitative estimate of drug-likeness (QED) is 0.773. The third-order valence-electron chi connectivity index (χ3n) is 3.24. The smallest absolute Gasteiger partial charge is 0.141 e. The molecule has 0 aromatic heterocycles. The van der Waals surface area contributed by atoms with Crippen molar-refractivity contribution in [3.63, 3.8) is 0 Å². The maximum absolute atomic E-state index is 13.0. The van der Waals surface area contributed by atoms with Crippen molar-refractivity contribution in [1.82, 2.24) is 5.32 Å². The van der Waals surface area contributed by atoms with Gasteiger partial charge in [-0.2, -0.15) is 0 Å². The van der Waals surface area contributed by atoms with Gasteiger partial charge in [0.05, 0.1) is 5.02 Å². The van der Waals surface area contributed by atoms with Crippen molar-refractivity contribution >= 4 is 11.6 Å². The largest absolute Gasteiger partial charge is 0.314 e. The Bertz CT molecular complexity index is 366. The van der Waals surface area contributed by atoms with Gasteiger partial charge in [-0.3, -0.25) is 0 Å². The van der Waals surface area contributed by atoms with E-state index in [1.807, 2.05) is 6.07 Å². The lowest BCUT2D eigenvalue weighted by atomic mass is 9.97. The highest BCUT2D eigenvalue weighted by Crippen LogP contribution is 2.18. The predicted molar refractivity (Wildman–Crippen MR) is 76.7 cm³/mol. The standard InChI is InChI=1S/C15H23ClFN/c1-4-18-15(11(2)3)7-5-6-12-8-9-14(17)13(16)10-12/h8-11,15,18H,4-7H2,1-3H3. The van der Waals surface area contributed by atoms with Gasteiger partial charge >= 0.3 is 0 Å². The first-order valence-electron chi connectivity index (χ1n) is 6.72. The Hall–Kier alpha value is -0.600. The van der Waals surface area contributed by atoms with E-state index in [1.54, 1.807) is 6.07 Å². The van der Waals surface area contributed by atoms with Gasteiger partial charge in [-0.1, -0.05) is 38.4 Å². The molecule has 0 saturated carbocycles. The molecule has 1 nitrogen and oxygen atoms in total. The van der Waals surface area contributed by atoms with Crippen LogP contribution in [-0.4, -0.2) is 12.6 Å². The monoisotopic (exact) mass is 271 g/mol. The van der Waals surface area contributed by atoms with E-state index < -0.39 is 0 Å². The second-order valence-corrected chi connectivity index (χ2v) is 5.46. The fourth-order valence-corrected chi connectivity index (χ4v) is 2.36. The van der Waals surface area contributed by atoms with Crippen molar-refractivity contribution < 1.29 is 4.39 Å². The van der Waals surface area contributed by atoms with Crippen molar-refractivity contribution in [2.75, 3.05) is 6.54 Å². The van der Waals surface area contributed by atoms with Crippen molar-refractivity contribution in [2.24, 2.45) is 5.92 Å². The fraction of sp³-hybridized carbons (Fsp3) is 0.600. The summed E-state index contributed by atoms with van der Waals surface area (Å²) in [4.78, 5) is 0. The van der Waals surface area contributed by atoms with Crippen LogP contribution in [0, 0.1) is 11.7 Å². The first-order valence-corrected chi connectivity index (χ1v) is 7.09. The Morgan fingerprint density at radius 2 is 2.06 bits per heavy atom. The van der Waals surface area contributed by atoms with Crippen LogP contribution in [0.15, 0.2) is 18.2 Å². The maximum atomic E-state index is 13.0. The van der Waals surface area contributed by atoms with E-state index in [4.69, 9.17) is 11.6 Å². The molecule has 1 aromatic carbocycles. The topological polar surface area (TPSA) is 12.0 Å². The molecule has 1 unspecified atom stereocenters. The Kier molecular flexibility index (Phi) is 6.66. The first-order chi connectivity index (χ1) is 8.54. The van der Waals surface area contributed by atoms with E-state index in [-0.39, 0.29) is 10.8 Å². The molecule has 1 atom stereocenters. The summed E-state index contributed by atoms with van der Waals surface area (Å²) in [6.07, 6.45) is 3.19. The Morgan fingerprint density at radius 3 is 2.61 bits per heavy atom. The molecule has 1 aromatic rings. The zero-order valence-electron chi connectivity index (χ0n) is 11.5. The van der Waals surface area contributed by atoms with E-state index in [1.165, 1.54) is 6.07 Å². The lowest BCUT2D eigenvalue weighted by molar-refractivity contribution is 0.377. The van der Waals surface area contributed by atoms with E-state index in [9.17, 15) is 4.39 Å². The molecule has 0 amide bonds. The highest BCUT2D eigenvalue weighted by Gasteiger charge is 2.11. The van der Waals surface area contributed by atoms with Crippen LogP contribution in [-0.2, 0) is 6.42 Å². The van der Waals surface area contributed by atoms with E-state index in [0.29, 0.717) is 12.0 Å². The molecule has 0 radical (unpaired) electrons. The van der Waals surface area contributed by atoms with Crippen LogP contribution in [0.4, 0.5) is 4.39 Å². The molecule has 0 aliphatic heterocycles. The van der Waals surface area contributed by atoms with Crippen molar-refractivity contribution in [2.45, 2.75) is 46.1 Å². The summed E-state index contributed by atoms with van der Waals surface area (Å²) < 4.78 is 13.0. The van der Waals surface area contributed by atoms with Crippen LogP contribution >= 0.6 is 11.6 Å². The van der Waals surface area contributed by atoms with Gasteiger partial charge in [0.15, 0.2) is 0 Å². The zero-order chi connectivity index (χ0) is 13.5. The van der Waals surface area contributed by atoms with Crippen LogP contribution in [0.2, 0.25) is 5.02 Å². The molecule has 3 heteroatoms. The van der Waals surface area contributed by atoms with Crippen molar-refractivity contribution in [3.05, 3.63) is 34.6 Å². The number of hydrogen-bond donors (Lipinski definition) is 1. The normalized spacial score (nSPS) is 13.0. The third-order valence-corrected chi connectivity index (χ3v) is 3.53. The van der Waals surface area contributed by atoms with Gasteiger partial charge < -0.3 is 5.32 Å². The number of nitrogens with one attached hydrogen (secondary N) is 1. The molecule has 1 rings (SSSR count). The van der Waals surface area contributed by atoms with Gasteiger partial charge in [0.25, 0.3) is 0 Å². The maximum Gasteiger partial charge on any atom is 0.141 e. The van der Waals surface area contributed by atoms with Gasteiger partial charge in [-0.05, 0) is 49.4 Å². The Balaban J connectivity index is 2.42. The number of aryl methyl sites for hydroxylation is 1. The highest BCUT2D eigenvalue weighted by molar-refractivity contribution is 6.30. The van der Waals surface area contributed by atoms with Gasteiger partial charge in [-0.15, -0.1) is 0 Å². The summed E-state index contributed by atoms with van der Waals surface area (Å²) in [5, 5.41) is 3.72. The number of hydrogen-bond acceptors (Lipinski definition) is 1. The average molecular weight is 272 g/mol. The minimum absolute atomic E-state index is 0.222. The summed E-state index contributed by atoms with van der Waals surface area (Å²) in [6, 6.07) is 5.56. The molecule has 0 fully saturated rings. The first kappa shape index (κ1) is 15.5. The number of halogens is 2. The molecule has 1 N–H and O–H groups in total. The van der Waals surface area contributed by atoms with Crippen molar-refractivity contribution in [3.8, 4) is 0 Å². The molecular formula is C15H23ClFN. The van der Waals surface area contributed by atoms with Crippen LogP contribution in [0.5, 0.6) is 0 Å². The van der Waals surface area contributed by atoms with E-state index in [2.05, 4.69) is 26.1 Å². The zero-order valence-corrected chi connectivity index (χ0v) is 12.2. The Labute approximate surface area is 115 Å². The fourth-order valence-electron chi connectivity index (χ4n) is 2.15. The molecule has 0 aliphatic carbocycles. The molecule has 18 heavy (non-hydrogen) atoms. The lowest BCUT2D eigenvalue weighted by Crippen LogP contribution is -2.33. The number of rotatable bonds is 7. The molecule has 0 bridgehead atoms. The average Bonchev–Trinajstić information content (AvgIpc) is 2.32. The van der Waals surface area contributed by atoms with Crippen molar-refractivity contribution in [1.29, 1.82) is 0 Å². The minimum atomic E-state index is -0.340. The highest BCUT2D eigenvalue weighted by atomic mass is 35.5. The summed E-state index contributed by atoms with van der Waals surface area (Å²) in [7, 11) is 0. The molecule has 0 spiro atoms. The lowest BCUT2D eigenvalue weighted by Gasteiger charge is -2.21. The number of benzene rings is 1. The summed E-state index contributed by atoms with van der Waals surface area (Å²) in [5.74, 6) is 0.301. The summed E-state index contributed by atoms with van der Waals surface area (Å²) >= 11 is 5.77. The molecular weight excluding hydrogens is 249 g/mol. The van der Waals surface area contributed by atoms with E-state index >= 15 is 0 Å². The molecule has 0 saturated heterocycles. The minimum Gasteiger partial charge on any atom is -0.314 e. The second-order valence-electron chi connectivity index (χ2n) is 5.05.